The van der Waals surface area contributed by atoms with E-state index < -0.39 is 0 Å². The third-order valence-corrected chi connectivity index (χ3v) is 3.84. The number of rotatable bonds is 3. The molecule has 0 spiro atoms. The summed E-state index contributed by atoms with van der Waals surface area (Å²) in [4.78, 5) is 4.44. The molecule has 2 aromatic carbocycles. The van der Waals surface area contributed by atoms with Gasteiger partial charge >= 0.3 is 0 Å². The fourth-order valence-electron chi connectivity index (χ4n) is 2.55. The van der Waals surface area contributed by atoms with Crippen LogP contribution in [0.5, 0.6) is 5.75 Å². The zero-order valence-corrected chi connectivity index (χ0v) is 12.6. The second-order valence-electron chi connectivity index (χ2n) is 5.52. The molecule has 106 valence electrons. The number of hydrogen-bond donors (Lipinski definition) is 0. The van der Waals surface area contributed by atoms with Crippen molar-refractivity contribution in [2.75, 3.05) is 7.11 Å². The minimum absolute atomic E-state index is 0.553. The number of benzene rings is 2. The summed E-state index contributed by atoms with van der Waals surface area (Å²) in [5, 5.41) is 1.15. The second-order valence-corrected chi connectivity index (χ2v) is 5.52. The van der Waals surface area contributed by atoms with E-state index in [-0.39, 0.29) is 0 Å². The zero-order chi connectivity index (χ0) is 14.8. The lowest BCUT2D eigenvalue weighted by Gasteiger charge is -2.10. The number of nitrogens with zero attached hydrogens (tertiary/aromatic N) is 1. The standard InChI is InChI=1S/C19H19NO/c1-13(2)14-4-6-15(7-5-14)17-10-11-20-19-12-16(21-3)8-9-18(17)19/h4-13H,1-3H3. The van der Waals surface area contributed by atoms with Gasteiger partial charge in [0, 0.05) is 17.6 Å². The molecule has 0 amide bonds. The van der Waals surface area contributed by atoms with E-state index in [2.05, 4.69) is 55.2 Å². The molecule has 1 aromatic heterocycles. The van der Waals surface area contributed by atoms with Crippen LogP contribution in [-0.4, -0.2) is 12.1 Å². The first-order chi connectivity index (χ1) is 10.2. The smallest absolute Gasteiger partial charge is 0.121 e. The second kappa shape index (κ2) is 5.57. The number of ether oxygens (including phenoxy) is 1. The first kappa shape index (κ1) is 13.6. The predicted octanol–water partition coefficient (Wildman–Crippen LogP) is 5.03. The molecular weight excluding hydrogens is 258 g/mol. The normalized spacial score (nSPS) is 11.0. The van der Waals surface area contributed by atoms with E-state index in [1.165, 1.54) is 16.7 Å². The maximum atomic E-state index is 5.27. The van der Waals surface area contributed by atoms with Crippen LogP contribution in [-0.2, 0) is 0 Å². The highest BCUT2D eigenvalue weighted by Crippen LogP contribution is 2.30. The van der Waals surface area contributed by atoms with Crippen molar-refractivity contribution in [3.63, 3.8) is 0 Å². The lowest BCUT2D eigenvalue weighted by Crippen LogP contribution is -1.89. The largest absolute Gasteiger partial charge is 0.497 e. The molecule has 3 aromatic rings. The van der Waals surface area contributed by atoms with E-state index in [1.807, 2.05) is 18.3 Å². The minimum atomic E-state index is 0.553. The van der Waals surface area contributed by atoms with Crippen molar-refractivity contribution >= 4 is 10.9 Å². The van der Waals surface area contributed by atoms with Crippen LogP contribution in [0, 0.1) is 0 Å². The zero-order valence-electron chi connectivity index (χ0n) is 12.6. The molecular formula is C19H19NO. The summed E-state index contributed by atoms with van der Waals surface area (Å²) in [6.45, 7) is 4.42. The molecule has 0 saturated heterocycles. The van der Waals surface area contributed by atoms with Crippen LogP contribution in [0.3, 0.4) is 0 Å². The van der Waals surface area contributed by atoms with Crippen molar-refractivity contribution in [1.82, 2.24) is 4.98 Å². The number of hydrogen-bond acceptors (Lipinski definition) is 2. The van der Waals surface area contributed by atoms with E-state index >= 15 is 0 Å². The Kier molecular flexibility index (Phi) is 3.61. The Labute approximate surface area is 125 Å². The van der Waals surface area contributed by atoms with Gasteiger partial charge in [-0.05, 0) is 40.8 Å². The molecule has 0 fully saturated rings. The van der Waals surface area contributed by atoms with Gasteiger partial charge in [0.15, 0.2) is 0 Å². The summed E-state index contributed by atoms with van der Waals surface area (Å²) >= 11 is 0. The average molecular weight is 277 g/mol. The van der Waals surface area contributed by atoms with E-state index in [9.17, 15) is 0 Å². The van der Waals surface area contributed by atoms with Crippen LogP contribution >= 0.6 is 0 Å². The van der Waals surface area contributed by atoms with Gasteiger partial charge in [0.05, 0.1) is 12.6 Å². The Hall–Kier alpha value is -2.35. The Bertz CT molecular complexity index is 760. The van der Waals surface area contributed by atoms with Gasteiger partial charge in [0.1, 0.15) is 5.75 Å². The van der Waals surface area contributed by atoms with Crippen molar-refractivity contribution in [2.45, 2.75) is 19.8 Å². The van der Waals surface area contributed by atoms with Gasteiger partial charge in [-0.3, -0.25) is 4.98 Å². The van der Waals surface area contributed by atoms with E-state index in [4.69, 9.17) is 4.74 Å². The van der Waals surface area contributed by atoms with E-state index in [1.54, 1.807) is 7.11 Å². The van der Waals surface area contributed by atoms with Gasteiger partial charge < -0.3 is 4.74 Å². The molecule has 0 radical (unpaired) electrons. The van der Waals surface area contributed by atoms with Crippen LogP contribution in [0.25, 0.3) is 22.0 Å². The molecule has 0 aliphatic heterocycles. The summed E-state index contributed by atoms with van der Waals surface area (Å²) in [6.07, 6.45) is 1.85. The van der Waals surface area contributed by atoms with E-state index in [0.717, 1.165) is 16.7 Å². The highest BCUT2D eigenvalue weighted by atomic mass is 16.5. The fourth-order valence-corrected chi connectivity index (χ4v) is 2.55. The van der Waals surface area contributed by atoms with Crippen molar-refractivity contribution in [3.8, 4) is 16.9 Å². The Morgan fingerprint density at radius 2 is 1.71 bits per heavy atom. The van der Waals surface area contributed by atoms with Gasteiger partial charge in [-0.2, -0.15) is 0 Å². The Balaban J connectivity index is 2.11. The molecule has 2 heteroatoms. The number of fused-ring (bicyclic) bond motifs is 1. The molecule has 0 saturated carbocycles. The first-order valence-corrected chi connectivity index (χ1v) is 7.22. The lowest BCUT2D eigenvalue weighted by molar-refractivity contribution is 0.415. The number of aromatic nitrogens is 1. The molecule has 0 aliphatic rings. The maximum absolute atomic E-state index is 5.27. The summed E-state index contributed by atoms with van der Waals surface area (Å²) in [5.74, 6) is 1.39. The topological polar surface area (TPSA) is 22.1 Å². The number of pyridine rings is 1. The number of methoxy groups -OCH3 is 1. The molecule has 21 heavy (non-hydrogen) atoms. The third kappa shape index (κ3) is 2.62. The van der Waals surface area contributed by atoms with Crippen LogP contribution in [0.15, 0.2) is 54.7 Å². The third-order valence-electron chi connectivity index (χ3n) is 3.84. The molecule has 0 N–H and O–H groups in total. The van der Waals surface area contributed by atoms with E-state index in [0.29, 0.717) is 5.92 Å². The molecule has 3 rings (SSSR count). The summed E-state index contributed by atoms with van der Waals surface area (Å²) in [7, 11) is 1.68. The maximum Gasteiger partial charge on any atom is 0.121 e. The van der Waals surface area contributed by atoms with Crippen LogP contribution < -0.4 is 4.74 Å². The minimum Gasteiger partial charge on any atom is -0.497 e. The highest BCUT2D eigenvalue weighted by molar-refractivity contribution is 5.94. The van der Waals surface area contributed by atoms with Gasteiger partial charge in [-0.25, -0.2) is 0 Å². The first-order valence-electron chi connectivity index (χ1n) is 7.22. The molecule has 0 aliphatic carbocycles. The predicted molar refractivity (Wildman–Crippen MR) is 87.8 cm³/mol. The SMILES string of the molecule is COc1ccc2c(-c3ccc(C(C)C)cc3)ccnc2c1. The molecule has 0 atom stereocenters. The highest BCUT2D eigenvalue weighted by Gasteiger charge is 2.06. The quantitative estimate of drug-likeness (QED) is 0.669. The summed E-state index contributed by atoms with van der Waals surface area (Å²) in [6, 6.07) is 16.9. The summed E-state index contributed by atoms with van der Waals surface area (Å²) in [5.41, 5.74) is 4.74. The lowest BCUT2D eigenvalue weighted by atomic mass is 9.97. The monoisotopic (exact) mass is 277 g/mol. The van der Waals surface area contributed by atoms with Crippen molar-refractivity contribution in [1.29, 1.82) is 0 Å². The van der Waals surface area contributed by atoms with Gasteiger partial charge in [-0.15, -0.1) is 0 Å². The van der Waals surface area contributed by atoms with Crippen molar-refractivity contribution in [3.05, 3.63) is 60.3 Å². The summed E-state index contributed by atoms with van der Waals surface area (Å²) < 4.78 is 5.27. The van der Waals surface area contributed by atoms with Crippen molar-refractivity contribution in [2.24, 2.45) is 0 Å². The van der Waals surface area contributed by atoms with Gasteiger partial charge in [0.2, 0.25) is 0 Å². The average Bonchev–Trinajstić information content (AvgIpc) is 2.53. The Morgan fingerprint density at radius 3 is 2.38 bits per heavy atom. The molecule has 0 unspecified atom stereocenters. The van der Waals surface area contributed by atoms with Crippen molar-refractivity contribution < 1.29 is 4.74 Å². The fraction of sp³-hybridized carbons (Fsp3) is 0.211. The molecule has 2 nitrogen and oxygen atoms in total. The van der Waals surface area contributed by atoms with Crippen LogP contribution in [0.2, 0.25) is 0 Å². The van der Waals surface area contributed by atoms with Gasteiger partial charge in [-0.1, -0.05) is 38.1 Å². The molecule has 1 heterocycles. The Morgan fingerprint density at radius 1 is 0.952 bits per heavy atom. The van der Waals surface area contributed by atoms with Gasteiger partial charge in [0.25, 0.3) is 0 Å². The van der Waals surface area contributed by atoms with Crippen LogP contribution in [0.4, 0.5) is 0 Å². The van der Waals surface area contributed by atoms with Crippen LogP contribution in [0.1, 0.15) is 25.3 Å². The molecule has 0 bridgehead atoms.